The molecule has 0 spiro atoms. The highest BCUT2D eigenvalue weighted by Gasteiger charge is 2.14. The van der Waals surface area contributed by atoms with Crippen LogP contribution in [0, 0.1) is 27.7 Å². The first-order chi connectivity index (χ1) is 25.4. The fourth-order valence-corrected chi connectivity index (χ4v) is 6.27. The lowest BCUT2D eigenvalue weighted by molar-refractivity contribution is 1.27. The van der Waals surface area contributed by atoms with Crippen LogP contribution in [-0.4, -0.2) is 0 Å². The SMILES string of the molecule is Cc1ccc(N(c2ccc(C)cc2)c2ccc(/C=C/c3ccc(/C=C/c4cccc(N(c5ccc(C)cc5)c5ccc(C)cc5)c4)cc3)cc2)cc1. The van der Waals surface area contributed by atoms with Crippen LogP contribution in [0.25, 0.3) is 24.3 Å². The fourth-order valence-electron chi connectivity index (χ4n) is 6.27. The van der Waals surface area contributed by atoms with Gasteiger partial charge in [0.25, 0.3) is 0 Å². The van der Waals surface area contributed by atoms with E-state index in [0.717, 1.165) is 56.4 Å². The van der Waals surface area contributed by atoms with E-state index in [4.69, 9.17) is 0 Å². The minimum absolute atomic E-state index is 1.13. The molecule has 0 aliphatic carbocycles. The fraction of sp³-hybridized carbons (Fsp3) is 0.0800. The average Bonchev–Trinajstić information content (AvgIpc) is 3.17. The molecular weight excluding hydrogens is 629 g/mol. The van der Waals surface area contributed by atoms with Crippen molar-refractivity contribution in [2.45, 2.75) is 27.7 Å². The molecule has 7 aromatic carbocycles. The van der Waals surface area contributed by atoms with E-state index < -0.39 is 0 Å². The van der Waals surface area contributed by atoms with Crippen LogP contribution in [0.15, 0.2) is 170 Å². The molecule has 2 heteroatoms. The number of aryl methyl sites for hydroxylation is 4. The Bertz CT molecular complexity index is 2190. The molecule has 0 saturated heterocycles. The molecule has 0 aliphatic rings. The zero-order chi connectivity index (χ0) is 35.9. The Balaban J connectivity index is 1.05. The third-order valence-electron chi connectivity index (χ3n) is 9.32. The molecule has 7 aromatic rings. The third kappa shape index (κ3) is 8.31. The Kier molecular flexibility index (Phi) is 10.3. The average molecular weight is 673 g/mol. The van der Waals surface area contributed by atoms with Crippen molar-refractivity contribution in [1.29, 1.82) is 0 Å². The highest BCUT2D eigenvalue weighted by molar-refractivity contribution is 5.81. The largest absolute Gasteiger partial charge is 0.311 e. The lowest BCUT2D eigenvalue weighted by Crippen LogP contribution is -2.10. The Morgan fingerprint density at radius 2 is 0.538 bits per heavy atom. The summed E-state index contributed by atoms with van der Waals surface area (Å²) in [7, 11) is 0. The molecule has 0 aromatic heterocycles. The first-order valence-electron chi connectivity index (χ1n) is 17.9. The second-order valence-electron chi connectivity index (χ2n) is 13.5. The quantitative estimate of drug-likeness (QED) is 0.133. The molecule has 0 saturated carbocycles. The first kappa shape index (κ1) is 34.1. The number of hydrogen-bond acceptors (Lipinski definition) is 2. The lowest BCUT2D eigenvalue weighted by Gasteiger charge is -2.26. The zero-order valence-electron chi connectivity index (χ0n) is 30.4. The molecule has 0 N–H and O–H groups in total. The lowest BCUT2D eigenvalue weighted by atomic mass is 10.1. The molecule has 0 amide bonds. The molecule has 254 valence electrons. The molecule has 0 atom stereocenters. The van der Waals surface area contributed by atoms with Gasteiger partial charge < -0.3 is 9.80 Å². The molecule has 0 fully saturated rings. The topological polar surface area (TPSA) is 6.48 Å². The van der Waals surface area contributed by atoms with E-state index in [9.17, 15) is 0 Å². The second kappa shape index (κ2) is 15.7. The van der Waals surface area contributed by atoms with Crippen molar-refractivity contribution in [3.63, 3.8) is 0 Å². The van der Waals surface area contributed by atoms with Gasteiger partial charge in [-0.15, -0.1) is 0 Å². The van der Waals surface area contributed by atoms with Crippen LogP contribution >= 0.6 is 0 Å². The van der Waals surface area contributed by atoms with Crippen LogP contribution in [0.5, 0.6) is 0 Å². The monoisotopic (exact) mass is 672 g/mol. The van der Waals surface area contributed by atoms with Crippen molar-refractivity contribution in [1.82, 2.24) is 0 Å². The van der Waals surface area contributed by atoms with Gasteiger partial charge in [0.1, 0.15) is 0 Å². The summed E-state index contributed by atoms with van der Waals surface area (Å²) in [6.07, 6.45) is 8.72. The van der Waals surface area contributed by atoms with Crippen LogP contribution in [0.4, 0.5) is 34.1 Å². The second-order valence-corrected chi connectivity index (χ2v) is 13.5. The number of benzene rings is 7. The molecule has 7 rings (SSSR count). The summed E-state index contributed by atoms with van der Waals surface area (Å²) in [6, 6.07) is 61.0. The summed E-state index contributed by atoms with van der Waals surface area (Å²) < 4.78 is 0. The van der Waals surface area contributed by atoms with Gasteiger partial charge in [0.05, 0.1) is 0 Å². The molecule has 0 bridgehead atoms. The predicted octanol–water partition coefficient (Wildman–Crippen LogP) is 14.2. The van der Waals surface area contributed by atoms with Crippen LogP contribution in [0.2, 0.25) is 0 Å². The minimum Gasteiger partial charge on any atom is -0.311 e. The van der Waals surface area contributed by atoms with Crippen LogP contribution < -0.4 is 9.80 Å². The highest BCUT2D eigenvalue weighted by atomic mass is 15.1. The van der Waals surface area contributed by atoms with E-state index in [1.165, 1.54) is 22.3 Å². The molecule has 0 radical (unpaired) electrons. The van der Waals surface area contributed by atoms with Gasteiger partial charge in [-0.25, -0.2) is 0 Å². The van der Waals surface area contributed by atoms with E-state index in [2.05, 4.69) is 232 Å². The van der Waals surface area contributed by atoms with Gasteiger partial charge in [-0.1, -0.05) is 144 Å². The van der Waals surface area contributed by atoms with Crippen molar-refractivity contribution < 1.29 is 0 Å². The summed E-state index contributed by atoms with van der Waals surface area (Å²) in [5.74, 6) is 0. The van der Waals surface area contributed by atoms with Crippen molar-refractivity contribution in [2.24, 2.45) is 0 Å². The molecule has 0 unspecified atom stereocenters. The Labute approximate surface area is 309 Å². The number of nitrogens with zero attached hydrogens (tertiary/aromatic N) is 2. The standard InChI is InChI=1S/C50H44N2/c1-37-8-26-45(27-9-37)51(46-28-10-38(2)11-29-46)49-34-24-43(25-35-49)21-20-41-16-18-42(19-17-41)22-23-44-6-5-7-50(36-44)52(47-30-12-39(3)13-31-47)48-32-14-40(4)15-33-48/h5-36H,1-4H3/b21-20+,23-22+. The van der Waals surface area contributed by atoms with Gasteiger partial charge in [0.15, 0.2) is 0 Å². The third-order valence-corrected chi connectivity index (χ3v) is 9.32. The summed E-state index contributed by atoms with van der Waals surface area (Å²) >= 11 is 0. The normalized spacial score (nSPS) is 11.3. The molecule has 0 aliphatic heterocycles. The maximum atomic E-state index is 2.31. The Hall–Kier alpha value is -6.38. The predicted molar refractivity (Wildman–Crippen MR) is 225 cm³/mol. The summed E-state index contributed by atoms with van der Waals surface area (Å²) in [5.41, 5.74) is 16.5. The van der Waals surface area contributed by atoms with E-state index in [-0.39, 0.29) is 0 Å². The van der Waals surface area contributed by atoms with E-state index in [1.807, 2.05) is 0 Å². The van der Waals surface area contributed by atoms with Crippen LogP contribution in [0.1, 0.15) is 44.5 Å². The summed E-state index contributed by atoms with van der Waals surface area (Å²) in [6.45, 7) is 8.50. The van der Waals surface area contributed by atoms with Gasteiger partial charge in [-0.05, 0) is 123 Å². The van der Waals surface area contributed by atoms with Gasteiger partial charge in [0, 0.05) is 34.1 Å². The summed E-state index contributed by atoms with van der Waals surface area (Å²) in [5, 5.41) is 0. The minimum atomic E-state index is 1.13. The van der Waals surface area contributed by atoms with Crippen molar-refractivity contribution in [3.05, 3.63) is 214 Å². The Morgan fingerprint density at radius 3 is 0.885 bits per heavy atom. The van der Waals surface area contributed by atoms with Gasteiger partial charge in [-0.2, -0.15) is 0 Å². The number of rotatable bonds is 10. The molecule has 52 heavy (non-hydrogen) atoms. The first-order valence-corrected chi connectivity index (χ1v) is 17.9. The van der Waals surface area contributed by atoms with Crippen LogP contribution in [-0.2, 0) is 0 Å². The maximum Gasteiger partial charge on any atom is 0.0467 e. The van der Waals surface area contributed by atoms with E-state index in [0.29, 0.717) is 0 Å². The molecule has 2 nitrogen and oxygen atoms in total. The molecule has 0 heterocycles. The highest BCUT2D eigenvalue weighted by Crippen LogP contribution is 2.36. The number of hydrogen-bond donors (Lipinski definition) is 0. The van der Waals surface area contributed by atoms with Gasteiger partial charge in [-0.3, -0.25) is 0 Å². The zero-order valence-corrected chi connectivity index (χ0v) is 30.4. The smallest absolute Gasteiger partial charge is 0.0467 e. The van der Waals surface area contributed by atoms with Crippen molar-refractivity contribution in [2.75, 3.05) is 9.80 Å². The van der Waals surface area contributed by atoms with E-state index in [1.54, 1.807) is 0 Å². The molecular formula is C50H44N2. The van der Waals surface area contributed by atoms with Crippen LogP contribution in [0.3, 0.4) is 0 Å². The van der Waals surface area contributed by atoms with Crippen molar-refractivity contribution >= 4 is 58.4 Å². The van der Waals surface area contributed by atoms with Crippen molar-refractivity contribution in [3.8, 4) is 0 Å². The van der Waals surface area contributed by atoms with Gasteiger partial charge in [0.2, 0.25) is 0 Å². The van der Waals surface area contributed by atoms with Gasteiger partial charge >= 0.3 is 0 Å². The summed E-state index contributed by atoms with van der Waals surface area (Å²) in [4.78, 5) is 4.62. The Morgan fingerprint density at radius 1 is 0.269 bits per heavy atom. The maximum absolute atomic E-state index is 2.31. The number of anilines is 6. The van der Waals surface area contributed by atoms with E-state index >= 15 is 0 Å².